The van der Waals surface area contributed by atoms with Crippen molar-refractivity contribution in [1.82, 2.24) is 10.6 Å². The van der Waals surface area contributed by atoms with E-state index < -0.39 is 0 Å². The maximum atomic E-state index is 12.1. The number of hydrogen-bond donors (Lipinski definition) is 2. The number of rotatable bonds is 2. The van der Waals surface area contributed by atoms with Crippen LogP contribution in [0.4, 0.5) is 0 Å². The van der Waals surface area contributed by atoms with E-state index in [9.17, 15) is 4.79 Å². The summed E-state index contributed by atoms with van der Waals surface area (Å²) in [5, 5.41) is 6.67. The van der Waals surface area contributed by atoms with E-state index in [0.29, 0.717) is 6.04 Å². The molecule has 0 aromatic carbocycles. The highest BCUT2D eigenvalue weighted by Crippen LogP contribution is 2.65. The Kier molecular flexibility index (Phi) is 2.26. The summed E-state index contributed by atoms with van der Waals surface area (Å²) in [6.07, 6.45) is 7.78. The van der Waals surface area contributed by atoms with Crippen molar-refractivity contribution < 1.29 is 4.79 Å². The maximum absolute atomic E-state index is 12.1. The smallest absolute Gasteiger partial charge is 0.237 e. The fourth-order valence-corrected chi connectivity index (χ4v) is 4.86. The highest BCUT2D eigenvalue weighted by Gasteiger charge is 2.65. The van der Waals surface area contributed by atoms with Crippen LogP contribution in [-0.4, -0.2) is 24.5 Å². The first-order valence-electron chi connectivity index (χ1n) is 7.38. The van der Waals surface area contributed by atoms with Gasteiger partial charge in [0.15, 0.2) is 0 Å². The fraction of sp³-hybridized carbons (Fsp3) is 0.929. The van der Waals surface area contributed by atoms with Crippen molar-refractivity contribution in [2.45, 2.75) is 50.6 Å². The fourth-order valence-electron chi connectivity index (χ4n) is 4.86. The lowest BCUT2D eigenvalue weighted by molar-refractivity contribution is -0.124. The average molecular weight is 234 g/mol. The highest BCUT2D eigenvalue weighted by atomic mass is 16.2. The molecule has 1 saturated heterocycles. The van der Waals surface area contributed by atoms with Gasteiger partial charge in [-0.15, -0.1) is 0 Å². The molecule has 2 N–H and O–H groups in total. The first-order chi connectivity index (χ1) is 8.34. The molecule has 0 radical (unpaired) electrons. The summed E-state index contributed by atoms with van der Waals surface area (Å²) in [6.45, 7) is 1.01. The summed E-state index contributed by atoms with van der Waals surface area (Å²) in [6, 6.07) is 0.653. The highest BCUT2D eigenvalue weighted by molar-refractivity contribution is 5.82. The van der Waals surface area contributed by atoms with E-state index in [0.717, 1.165) is 36.6 Å². The lowest BCUT2D eigenvalue weighted by Gasteiger charge is -2.23. The molecule has 1 aliphatic heterocycles. The van der Waals surface area contributed by atoms with Crippen LogP contribution in [0, 0.1) is 23.7 Å². The Morgan fingerprint density at radius 1 is 1.06 bits per heavy atom. The summed E-state index contributed by atoms with van der Waals surface area (Å²) in [7, 11) is 0. The van der Waals surface area contributed by atoms with Crippen molar-refractivity contribution in [2.75, 3.05) is 6.54 Å². The van der Waals surface area contributed by atoms with Gasteiger partial charge in [0.05, 0.1) is 6.04 Å². The number of carbonyl (C=O) groups is 1. The number of fused-ring (bicyclic) bond motifs is 5. The van der Waals surface area contributed by atoms with Gasteiger partial charge >= 0.3 is 0 Å². The van der Waals surface area contributed by atoms with E-state index in [-0.39, 0.29) is 11.9 Å². The van der Waals surface area contributed by atoms with E-state index in [2.05, 4.69) is 10.6 Å². The molecule has 4 unspecified atom stereocenters. The Morgan fingerprint density at radius 3 is 2.47 bits per heavy atom. The van der Waals surface area contributed by atoms with Gasteiger partial charge in [0, 0.05) is 6.04 Å². The molecular formula is C14H22N2O. The van der Waals surface area contributed by atoms with Crippen molar-refractivity contribution in [2.24, 2.45) is 23.7 Å². The van der Waals surface area contributed by atoms with Gasteiger partial charge in [-0.2, -0.15) is 0 Å². The minimum atomic E-state index is 0.0997. The van der Waals surface area contributed by atoms with Crippen LogP contribution in [0.1, 0.15) is 38.5 Å². The topological polar surface area (TPSA) is 41.1 Å². The van der Waals surface area contributed by atoms with Gasteiger partial charge in [-0.3, -0.25) is 4.79 Å². The predicted octanol–water partition coefficient (Wildman–Crippen LogP) is 1.29. The molecule has 3 nitrogen and oxygen atoms in total. The molecule has 0 aromatic heterocycles. The maximum Gasteiger partial charge on any atom is 0.237 e. The summed E-state index contributed by atoms with van der Waals surface area (Å²) < 4.78 is 0. The van der Waals surface area contributed by atoms with E-state index in [1.165, 1.54) is 32.1 Å². The molecule has 1 heterocycles. The van der Waals surface area contributed by atoms with Gasteiger partial charge in [0.2, 0.25) is 5.91 Å². The average Bonchev–Trinajstić information content (AvgIpc) is 2.76. The number of amides is 1. The van der Waals surface area contributed by atoms with Gasteiger partial charge < -0.3 is 10.6 Å². The lowest BCUT2D eigenvalue weighted by Crippen LogP contribution is -2.48. The number of nitrogens with one attached hydrogen (secondary N) is 2. The largest absolute Gasteiger partial charge is 0.351 e. The molecule has 3 aliphatic carbocycles. The molecule has 5 atom stereocenters. The first-order valence-corrected chi connectivity index (χ1v) is 7.38. The minimum Gasteiger partial charge on any atom is -0.351 e. The second-order valence-corrected chi connectivity index (χ2v) is 6.52. The third-order valence-corrected chi connectivity index (χ3v) is 5.67. The summed E-state index contributed by atoms with van der Waals surface area (Å²) in [5.74, 6) is 3.91. The van der Waals surface area contributed by atoms with Gasteiger partial charge in [-0.1, -0.05) is 6.42 Å². The number of carbonyl (C=O) groups excluding carboxylic acids is 1. The van der Waals surface area contributed by atoms with E-state index in [1.54, 1.807) is 0 Å². The van der Waals surface area contributed by atoms with Gasteiger partial charge in [-0.25, -0.2) is 0 Å². The van der Waals surface area contributed by atoms with E-state index in [1.807, 2.05) is 0 Å². The Balaban J connectivity index is 1.35. The quantitative estimate of drug-likeness (QED) is 0.756. The van der Waals surface area contributed by atoms with Crippen molar-refractivity contribution in [1.29, 1.82) is 0 Å². The zero-order chi connectivity index (χ0) is 11.4. The molecule has 1 amide bonds. The van der Waals surface area contributed by atoms with Gasteiger partial charge in [0.1, 0.15) is 0 Å². The Labute approximate surface area is 103 Å². The van der Waals surface area contributed by atoms with Crippen molar-refractivity contribution in [3.63, 3.8) is 0 Å². The van der Waals surface area contributed by atoms with Crippen LogP contribution in [0.25, 0.3) is 0 Å². The monoisotopic (exact) mass is 234 g/mol. The van der Waals surface area contributed by atoms with Gasteiger partial charge in [0.25, 0.3) is 0 Å². The zero-order valence-electron chi connectivity index (χ0n) is 10.3. The van der Waals surface area contributed by atoms with Crippen molar-refractivity contribution >= 4 is 5.91 Å². The van der Waals surface area contributed by atoms with Crippen LogP contribution < -0.4 is 10.6 Å². The Morgan fingerprint density at radius 2 is 1.82 bits per heavy atom. The second-order valence-electron chi connectivity index (χ2n) is 6.52. The van der Waals surface area contributed by atoms with E-state index in [4.69, 9.17) is 0 Å². The minimum absolute atomic E-state index is 0.0997. The van der Waals surface area contributed by atoms with Crippen LogP contribution in [0.15, 0.2) is 0 Å². The molecule has 4 aliphatic rings. The summed E-state index contributed by atoms with van der Waals surface area (Å²) in [5.41, 5.74) is 0. The number of piperidine rings is 1. The Bertz CT molecular complexity index is 321. The normalized spacial score (nSPS) is 51.1. The SMILES string of the molecule is O=C(NC1C2C3CCC(C3)C12)[C@@H]1CCCCN1. The molecule has 4 rings (SSSR count). The van der Waals surface area contributed by atoms with Crippen LogP contribution in [-0.2, 0) is 4.79 Å². The molecule has 0 aromatic rings. The van der Waals surface area contributed by atoms with Crippen molar-refractivity contribution in [3.05, 3.63) is 0 Å². The molecule has 0 spiro atoms. The van der Waals surface area contributed by atoms with Crippen LogP contribution in [0.5, 0.6) is 0 Å². The van der Waals surface area contributed by atoms with Gasteiger partial charge in [-0.05, 0) is 62.3 Å². The molecule has 4 fully saturated rings. The molecule has 3 heteroatoms. The van der Waals surface area contributed by atoms with Crippen LogP contribution in [0.3, 0.4) is 0 Å². The number of hydrogen-bond acceptors (Lipinski definition) is 2. The second kappa shape index (κ2) is 3.71. The Hall–Kier alpha value is -0.570. The van der Waals surface area contributed by atoms with Crippen LogP contribution >= 0.6 is 0 Å². The third-order valence-electron chi connectivity index (χ3n) is 5.67. The standard InChI is InChI=1S/C14H22N2O/c17-14(10-3-1-2-6-15-10)16-13-11-8-4-5-9(7-8)12(11)13/h8-13,15H,1-7H2,(H,16,17)/t8?,9?,10-,11?,12?,13?/m0/s1. The predicted molar refractivity (Wildman–Crippen MR) is 65.4 cm³/mol. The summed E-state index contributed by atoms with van der Waals surface area (Å²) >= 11 is 0. The first kappa shape index (κ1) is 10.4. The molecule has 17 heavy (non-hydrogen) atoms. The molecule has 3 saturated carbocycles. The van der Waals surface area contributed by atoms with Crippen LogP contribution in [0.2, 0.25) is 0 Å². The molecular weight excluding hydrogens is 212 g/mol. The van der Waals surface area contributed by atoms with Crippen molar-refractivity contribution in [3.8, 4) is 0 Å². The molecule has 2 bridgehead atoms. The third kappa shape index (κ3) is 1.55. The lowest BCUT2D eigenvalue weighted by atomic mass is 10.0. The summed E-state index contributed by atoms with van der Waals surface area (Å²) in [4.78, 5) is 12.1. The zero-order valence-corrected chi connectivity index (χ0v) is 10.3. The molecule has 94 valence electrons. The van der Waals surface area contributed by atoms with E-state index >= 15 is 0 Å².